The summed E-state index contributed by atoms with van der Waals surface area (Å²) >= 11 is 0. The van der Waals surface area contributed by atoms with Gasteiger partial charge in [0.05, 0.1) is 24.2 Å². The molecule has 0 saturated carbocycles. The third kappa shape index (κ3) is 3.75. The van der Waals surface area contributed by atoms with Crippen LogP contribution in [0.15, 0.2) is 30.6 Å². The number of hydrogen-bond donors (Lipinski definition) is 1. The molecule has 2 aromatic rings. The first-order chi connectivity index (χ1) is 10.3. The van der Waals surface area contributed by atoms with Crippen molar-refractivity contribution in [2.45, 2.75) is 19.5 Å². The molecule has 1 fully saturated rings. The number of rotatable bonds is 5. The number of morpholine rings is 1. The standard InChI is InChI=1S/C16H22N4O/c1-13(12-20-7-9-21-10-8-20)19-11-14-3-2-4-15-16(14)18-6-5-17-15/h2-6,13,19H,7-12H2,1H3. The molecule has 1 unspecified atom stereocenters. The van der Waals surface area contributed by atoms with E-state index in [1.807, 2.05) is 12.1 Å². The van der Waals surface area contributed by atoms with Crippen LogP contribution in [0.5, 0.6) is 0 Å². The lowest BCUT2D eigenvalue weighted by atomic mass is 10.1. The highest BCUT2D eigenvalue weighted by molar-refractivity contribution is 5.77. The molecule has 1 N–H and O–H groups in total. The molecular formula is C16H22N4O. The van der Waals surface area contributed by atoms with Crippen LogP contribution in [0, 0.1) is 0 Å². The SMILES string of the molecule is CC(CN1CCOCC1)NCc1cccc2nccnc12. The van der Waals surface area contributed by atoms with Crippen LogP contribution in [0.3, 0.4) is 0 Å². The minimum Gasteiger partial charge on any atom is -0.379 e. The van der Waals surface area contributed by atoms with Crippen molar-refractivity contribution < 1.29 is 4.74 Å². The van der Waals surface area contributed by atoms with Gasteiger partial charge in [0, 0.05) is 44.6 Å². The molecule has 21 heavy (non-hydrogen) atoms. The van der Waals surface area contributed by atoms with Gasteiger partial charge in [0.2, 0.25) is 0 Å². The van der Waals surface area contributed by atoms with Crippen molar-refractivity contribution in [3.05, 3.63) is 36.2 Å². The normalized spacial score (nSPS) is 18.0. The number of hydrogen-bond acceptors (Lipinski definition) is 5. The fraction of sp³-hybridized carbons (Fsp3) is 0.500. The van der Waals surface area contributed by atoms with Crippen molar-refractivity contribution in [1.82, 2.24) is 20.2 Å². The first kappa shape index (κ1) is 14.4. The summed E-state index contributed by atoms with van der Waals surface area (Å²) < 4.78 is 5.38. The average molecular weight is 286 g/mol. The number of nitrogens with one attached hydrogen (secondary N) is 1. The number of para-hydroxylation sites is 1. The first-order valence-electron chi connectivity index (χ1n) is 7.55. The summed E-state index contributed by atoms with van der Waals surface area (Å²) in [6.45, 7) is 7.88. The number of nitrogens with zero attached hydrogens (tertiary/aromatic N) is 3. The van der Waals surface area contributed by atoms with E-state index in [0.29, 0.717) is 6.04 Å². The van der Waals surface area contributed by atoms with Crippen LogP contribution in [0.2, 0.25) is 0 Å². The number of benzene rings is 1. The van der Waals surface area contributed by atoms with Gasteiger partial charge in [-0.15, -0.1) is 0 Å². The van der Waals surface area contributed by atoms with Crippen molar-refractivity contribution in [3.8, 4) is 0 Å². The Labute approximate surface area is 125 Å². The molecule has 0 spiro atoms. The number of fused-ring (bicyclic) bond motifs is 1. The Kier molecular flexibility index (Phi) is 4.75. The van der Waals surface area contributed by atoms with E-state index in [-0.39, 0.29) is 0 Å². The molecule has 2 heterocycles. The molecule has 1 atom stereocenters. The van der Waals surface area contributed by atoms with Crippen LogP contribution in [-0.4, -0.2) is 53.8 Å². The second kappa shape index (κ2) is 6.93. The highest BCUT2D eigenvalue weighted by Gasteiger charge is 2.13. The zero-order chi connectivity index (χ0) is 14.5. The molecule has 1 aliphatic rings. The Balaban J connectivity index is 1.58. The smallest absolute Gasteiger partial charge is 0.0931 e. The zero-order valence-electron chi connectivity index (χ0n) is 12.5. The van der Waals surface area contributed by atoms with Crippen LogP contribution >= 0.6 is 0 Å². The third-order valence-corrected chi connectivity index (χ3v) is 3.86. The summed E-state index contributed by atoms with van der Waals surface area (Å²) in [4.78, 5) is 11.2. The van der Waals surface area contributed by atoms with Gasteiger partial charge in [-0.25, -0.2) is 0 Å². The second-order valence-corrected chi connectivity index (χ2v) is 5.54. The minimum absolute atomic E-state index is 0.440. The predicted molar refractivity (Wildman–Crippen MR) is 83.1 cm³/mol. The molecule has 1 aromatic heterocycles. The summed E-state index contributed by atoms with van der Waals surface area (Å²) in [5, 5.41) is 3.59. The maximum atomic E-state index is 5.38. The number of aromatic nitrogens is 2. The monoisotopic (exact) mass is 286 g/mol. The lowest BCUT2D eigenvalue weighted by Crippen LogP contribution is -2.44. The number of ether oxygens (including phenoxy) is 1. The molecule has 0 bridgehead atoms. The topological polar surface area (TPSA) is 50.3 Å². The van der Waals surface area contributed by atoms with E-state index >= 15 is 0 Å². The van der Waals surface area contributed by atoms with Crippen LogP contribution in [0.4, 0.5) is 0 Å². The van der Waals surface area contributed by atoms with E-state index in [1.165, 1.54) is 5.56 Å². The van der Waals surface area contributed by atoms with Gasteiger partial charge in [-0.3, -0.25) is 14.9 Å². The zero-order valence-corrected chi connectivity index (χ0v) is 12.5. The van der Waals surface area contributed by atoms with Crippen LogP contribution < -0.4 is 5.32 Å². The Morgan fingerprint density at radius 1 is 1.24 bits per heavy atom. The van der Waals surface area contributed by atoms with Crippen molar-refractivity contribution in [2.75, 3.05) is 32.8 Å². The molecular weight excluding hydrogens is 264 g/mol. The van der Waals surface area contributed by atoms with Crippen molar-refractivity contribution in [1.29, 1.82) is 0 Å². The van der Waals surface area contributed by atoms with Crippen LogP contribution in [0.1, 0.15) is 12.5 Å². The van der Waals surface area contributed by atoms with Crippen molar-refractivity contribution >= 4 is 11.0 Å². The second-order valence-electron chi connectivity index (χ2n) is 5.54. The van der Waals surface area contributed by atoms with E-state index in [1.54, 1.807) is 12.4 Å². The van der Waals surface area contributed by atoms with Gasteiger partial charge in [-0.2, -0.15) is 0 Å². The predicted octanol–water partition coefficient (Wildman–Crippen LogP) is 1.44. The summed E-state index contributed by atoms with van der Waals surface area (Å²) in [6.07, 6.45) is 3.49. The van der Waals surface area contributed by atoms with Gasteiger partial charge in [0.1, 0.15) is 0 Å². The highest BCUT2D eigenvalue weighted by atomic mass is 16.5. The van der Waals surface area contributed by atoms with E-state index in [0.717, 1.165) is 50.4 Å². The van der Waals surface area contributed by atoms with Crippen LogP contribution in [0.25, 0.3) is 11.0 Å². The summed E-state index contributed by atoms with van der Waals surface area (Å²) in [6, 6.07) is 6.60. The first-order valence-corrected chi connectivity index (χ1v) is 7.55. The Morgan fingerprint density at radius 2 is 2.05 bits per heavy atom. The van der Waals surface area contributed by atoms with E-state index < -0.39 is 0 Å². The maximum absolute atomic E-state index is 5.38. The molecule has 1 aliphatic heterocycles. The molecule has 5 heteroatoms. The van der Waals surface area contributed by atoms with Gasteiger partial charge < -0.3 is 10.1 Å². The van der Waals surface area contributed by atoms with E-state index in [9.17, 15) is 0 Å². The molecule has 112 valence electrons. The minimum atomic E-state index is 0.440. The Bertz CT molecular complexity index is 578. The molecule has 0 radical (unpaired) electrons. The maximum Gasteiger partial charge on any atom is 0.0931 e. The largest absolute Gasteiger partial charge is 0.379 e. The molecule has 1 aromatic carbocycles. The molecule has 3 rings (SSSR count). The van der Waals surface area contributed by atoms with Gasteiger partial charge in [-0.1, -0.05) is 12.1 Å². The summed E-state index contributed by atoms with van der Waals surface area (Å²) in [5.74, 6) is 0. The van der Waals surface area contributed by atoms with Crippen molar-refractivity contribution in [2.24, 2.45) is 0 Å². The van der Waals surface area contributed by atoms with E-state index in [2.05, 4.69) is 33.2 Å². The third-order valence-electron chi connectivity index (χ3n) is 3.86. The molecule has 0 amide bonds. The molecule has 0 aliphatic carbocycles. The van der Waals surface area contributed by atoms with Gasteiger partial charge >= 0.3 is 0 Å². The fourth-order valence-corrected chi connectivity index (χ4v) is 2.71. The Morgan fingerprint density at radius 3 is 2.90 bits per heavy atom. The average Bonchev–Trinajstić information content (AvgIpc) is 2.54. The summed E-state index contributed by atoms with van der Waals surface area (Å²) in [5.41, 5.74) is 3.15. The molecule has 5 nitrogen and oxygen atoms in total. The molecule has 1 saturated heterocycles. The van der Waals surface area contributed by atoms with Crippen LogP contribution in [-0.2, 0) is 11.3 Å². The van der Waals surface area contributed by atoms with Gasteiger partial charge in [0.25, 0.3) is 0 Å². The Hall–Kier alpha value is -1.56. The van der Waals surface area contributed by atoms with Crippen molar-refractivity contribution in [3.63, 3.8) is 0 Å². The quantitative estimate of drug-likeness (QED) is 0.901. The lowest BCUT2D eigenvalue weighted by molar-refractivity contribution is 0.0343. The van der Waals surface area contributed by atoms with E-state index in [4.69, 9.17) is 4.74 Å². The lowest BCUT2D eigenvalue weighted by Gasteiger charge is -2.29. The highest BCUT2D eigenvalue weighted by Crippen LogP contribution is 2.13. The van der Waals surface area contributed by atoms with Gasteiger partial charge in [0.15, 0.2) is 0 Å². The summed E-state index contributed by atoms with van der Waals surface area (Å²) in [7, 11) is 0. The van der Waals surface area contributed by atoms with Gasteiger partial charge in [-0.05, 0) is 18.6 Å². The fourth-order valence-electron chi connectivity index (χ4n) is 2.71.